The van der Waals surface area contributed by atoms with E-state index in [9.17, 15) is 4.21 Å². The molecule has 0 aliphatic heterocycles. The first-order valence-electron chi connectivity index (χ1n) is 4.92. The van der Waals surface area contributed by atoms with E-state index in [0.717, 1.165) is 9.79 Å². The molecule has 0 saturated heterocycles. The highest BCUT2D eigenvalue weighted by atomic mass is 32.2. The highest BCUT2D eigenvalue weighted by Gasteiger charge is 2.05. The predicted molar refractivity (Wildman–Crippen MR) is 69.3 cm³/mol. The average Bonchev–Trinajstić information content (AvgIpc) is 2.39. The number of thioether (sulfide) groups is 1. The molecule has 2 aromatic carbocycles. The van der Waals surface area contributed by atoms with Gasteiger partial charge in [-0.3, -0.25) is 0 Å². The monoisotopic (exact) mass is 248 g/mol. The number of hydrogen-bond acceptors (Lipinski definition) is 2. The third kappa shape index (κ3) is 2.54. The largest absolute Gasteiger partial charge is 0.249 e. The van der Waals surface area contributed by atoms with Gasteiger partial charge in [-0.15, -0.1) is 11.8 Å². The number of benzene rings is 2. The van der Waals surface area contributed by atoms with Crippen LogP contribution in [-0.4, -0.2) is 10.5 Å². The fraction of sp³-hybridized carbons (Fsp3) is 0.0769. The standard InChI is InChI=1S/C13H12OS2/c1-15-11-7-9-13(10-8-11)16(14)12-5-3-2-4-6-12/h2-10H,1H3. The van der Waals surface area contributed by atoms with E-state index in [2.05, 4.69) is 0 Å². The second-order valence-electron chi connectivity index (χ2n) is 3.26. The molecule has 0 saturated carbocycles. The minimum atomic E-state index is -1.07. The number of rotatable bonds is 3. The van der Waals surface area contributed by atoms with Crippen molar-refractivity contribution in [2.24, 2.45) is 0 Å². The molecule has 0 N–H and O–H groups in total. The highest BCUT2D eigenvalue weighted by molar-refractivity contribution is 7.98. The molecule has 0 aliphatic carbocycles. The van der Waals surface area contributed by atoms with Gasteiger partial charge >= 0.3 is 0 Å². The molecule has 1 nitrogen and oxygen atoms in total. The second kappa shape index (κ2) is 5.32. The molecule has 0 radical (unpaired) electrons. The molecule has 82 valence electrons. The van der Waals surface area contributed by atoms with E-state index in [4.69, 9.17) is 0 Å². The van der Waals surface area contributed by atoms with E-state index in [0.29, 0.717) is 0 Å². The van der Waals surface area contributed by atoms with Crippen LogP contribution in [0.5, 0.6) is 0 Å². The Balaban J connectivity index is 2.28. The topological polar surface area (TPSA) is 17.1 Å². The molecule has 2 aromatic rings. The van der Waals surface area contributed by atoms with E-state index in [1.54, 1.807) is 11.8 Å². The van der Waals surface area contributed by atoms with Crippen molar-refractivity contribution in [3.05, 3.63) is 54.6 Å². The SMILES string of the molecule is CSc1ccc(S(=O)c2ccccc2)cc1. The molecule has 16 heavy (non-hydrogen) atoms. The molecular weight excluding hydrogens is 236 g/mol. The van der Waals surface area contributed by atoms with Gasteiger partial charge in [-0.1, -0.05) is 18.2 Å². The van der Waals surface area contributed by atoms with Crippen molar-refractivity contribution in [2.45, 2.75) is 14.7 Å². The van der Waals surface area contributed by atoms with Crippen LogP contribution >= 0.6 is 11.8 Å². The lowest BCUT2D eigenvalue weighted by molar-refractivity contribution is 0.683. The summed E-state index contributed by atoms with van der Waals surface area (Å²) in [6, 6.07) is 17.4. The summed E-state index contributed by atoms with van der Waals surface area (Å²) in [5.41, 5.74) is 0. The van der Waals surface area contributed by atoms with Crippen LogP contribution in [0.4, 0.5) is 0 Å². The van der Waals surface area contributed by atoms with Crippen molar-refractivity contribution in [3.8, 4) is 0 Å². The van der Waals surface area contributed by atoms with Gasteiger partial charge in [0.2, 0.25) is 0 Å². The quantitative estimate of drug-likeness (QED) is 0.772. The predicted octanol–water partition coefficient (Wildman–Crippen LogP) is 3.58. The zero-order valence-electron chi connectivity index (χ0n) is 8.92. The Labute approximate surface area is 102 Å². The van der Waals surface area contributed by atoms with Crippen molar-refractivity contribution in [1.82, 2.24) is 0 Å². The lowest BCUT2D eigenvalue weighted by atomic mass is 10.4. The summed E-state index contributed by atoms with van der Waals surface area (Å²) in [6.07, 6.45) is 2.03. The first-order valence-corrected chi connectivity index (χ1v) is 7.29. The van der Waals surface area contributed by atoms with Gasteiger partial charge in [-0.2, -0.15) is 0 Å². The van der Waals surface area contributed by atoms with Gasteiger partial charge in [0, 0.05) is 14.7 Å². The summed E-state index contributed by atoms with van der Waals surface area (Å²) in [5, 5.41) is 0. The van der Waals surface area contributed by atoms with Gasteiger partial charge in [0.05, 0.1) is 10.8 Å². The highest BCUT2D eigenvalue weighted by Crippen LogP contribution is 2.20. The summed E-state index contributed by atoms with van der Waals surface area (Å²) in [6.45, 7) is 0. The molecule has 0 bridgehead atoms. The fourth-order valence-electron chi connectivity index (χ4n) is 1.38. The Morgan fingerprint density at radius 3 is 2.00 bits per heavy atom. The molecule has 2 rings (SSSR count). The van der Waals surface area contributed by atoms with Crippen LogP contribution in [0.15, 0.2) is 69.3 Å². The molecular formula is C13H12OS2. The fourth-order valence-corrected chi connectivity index (χ4v) is 2.85. The Kier molecular flexibility index (Phi) is 3.80. The summed E-state index contributed by atoms with van der Waals surface area (Å²) in [5.74, 6) is 0. The van der Waals surface area contributed by atoms with Crippen LogP contribution in [-0.2, 0) is 10.8 Å². The Morgan fingerprint density at radius 1 is 0.875 bits per heavy atom. The van der Waals surface area contributed by atoms with Crippen LogP contribution in [0.2, 0.25) is 0 Å². The van der Waals surface area contributed by atoms with E-state index in [1.807, 2.05) is 60.9 Å². The van der Waals surface area contributed by atoms with Crippen LogP contribution < -0.4 is 0 Å². The smallest absolute Gasteiger partial charge is 0.0849 e. The second-order valence-corrected chi connectivity index (χ2v) is 5.62. The maximum absolute atomic E-state index is 12.2. The summed E-state index contributed by atoms with van der Waals surface area (Å²) in [7, 11) is -1.07. The summed E-state index contributed by atoms with van der Waals surface area (Å²) in [4.78, 5) is 2.89. The lowest BCUT2D eigenvalue weighted by Gasteiger charge is -2.02. The molecule has 0 aliphatic rings. The summed E-state index contributed by atoms with van der Waals surface area (Å²) < 4.78 is 12.2. The van der Waals surface area contributed by atoms with Gasteiger partial charge in [0.1, 0.15) is 0 Å². The minimum Gasteiger partial charge on any atom is -0.249 e. The minimum absolute atomic E-state index is 0.847. The molecule has 0 fully saturated rings. The normalized spacial score (nSPS) is 12.3. The molecule has 0 amide bonds. The maximum atomic E-state index is 12.2. The molecule has 0 aromatic heterocycles. The Bertz CT molecular complexity index is 477. The van der Waals surface area contributed by atoms with Gasteiger partial charge in [-0.25, -0.2) is 4.21 Å². The zero-order chi connectivity index (χ0) is 11.4. The first-order chi connectivity index (χ1) is 7.81. The van der Waals surface area contributed by atoms with Crippen LogP contribution in [0.25, 0.3) is 0 Å². The van der Waals surface area contributed by atoms with Crippen LogP contribution in [0, 0.1) is 0 Å². The first kappa shape index (κ1) is 11.4. The molecule has 0 heterocycles. The van der Waals surface area contributed by atoms with Gasteiger partial charge in [-0.05, 0) is 42.7 Å². The third-order valence-electron chi connectivity index (χ3n) is 2.23. The molecule has 1 atom stereocenters. The van der Waals surface area contributed by atoms with Gasteiger partial charge < -0.3 is 0 Å². The molecule has 1 unspecified atom stereocenters. The van der Waals surface area contributed by atoms with E-state index in [-0.39, 0.29) is 0 Å². The summed E-state index contributed by atoms with van der Waals surface area (Å²) >= 11 is 1.69. The van der Waals surface area contributed by atoms with Crippen molar-refractivity contribution in [1.29, 1.82) is 0 Å². The zero-order valence-corrected chi connectivity index (χ0v) is 10.6. The van der Waals surface area contributed by atoms with E-state index in [1.165, 1.54) is 4.90 Å². The number of hydrogen-bond donors (Lipinski definition) is 0. The third-order valence-corrected chi connectivity index (χ3v) is 4.37. The van der Waals surface area contributed by atoms with Gasteiger partial charge in [0.25, 0.3) is 0 Å². The molecule has 0 spiro atoms. The maximum Gasteiger partial charge on any atom is 0.0849 e. The Morgan fingerprint density at radius 2 is 1.44 bits per heavy atom. The van der Waals surface area contributed by atoms with E-state index < -0.39 is 10.8 Å². The average molecular weight is 248 g/mol. The molecule has 3 heteroatoms. The van der Waals surface area contributed by atoms with Gasteiger partial charge in [0.15, 0.2) is 0 Å². The van der Waals surface area contributed by atoms with Crippen LogP contribution in [0.1, 0.15) is 0 Å². The lowest BCUT2D eigenvalue weighted by Crippen LogP contribution is -1.91. The van der Waals surface area contributed by atoms with Crippen molar-refractivity contribution < 1.29 is 4.21 Å². The van der Waals surface area contributed by atoms with Crippen molar-refractivity contribution >= 4 is 22.6 Å². The Hall–Kier alpha value is -1.06. The van der Waals surface area contributed by atoms with Crippen LogP contribution in [0.3, 0.4) is 0 Å². The van der Waals surface area contributed by atoms with E-state index >= 15 is 0 Å². The van der Waals surface area contributed by atoms with Crippen molar-refractivity contribution in [3.63, 3.8) is 0 Å². The van der Waals surface area contributed by atoms with Crippen molar-refractivity contribution in [2.75, 3.05) is 6.26 Å².